The summed E-state index contributed by atoms with van der Waals surface area (Å²) in [4.78, 5) is 22.4. The fraction of sp³-hybridized carbons (Fsp3) is 0.474. The third-order valence-electron chi connectivity index (χ3n) is 3.41. The van der Waals surface area contributed by atoms with E-state index in [9.17, 15) is 9.59 Å². The monoisotopic (exact) mass is 318 g/mol. The average Bonchev–Trinajstić information content (AvgIpc) is 2.50. The maximum Gasteiger partial charge on any atom is 0.305 e. The molecule has 0 spiro atoms. The van der Waals surface area contributed by atoms with Crippen molar-refractivity contribution in [2.24, 2.45) is 0 Å². The number of aryl methyl sites for hydroxylation is 1. The lowest BCUT2D eigenvalue weighted by atomic mass is 10.0. The van der Waals surface area contributed by atoms with Crippen molar-refractivity contribution in [1.82, 2.24) is 0 Å². The predicted molar refractivity (Wildman–Crippen MR) is 90.6 cm³/mol. The Morgan fingerprint density at radius 3 is 2.04 bits per heavy atom. The summed E-state index contributed by atoms with van der Waals surface area (Å²) in [6, 6.07) is 8.25. The number of esters is 2. The van der Waals surface area contributed by atoms with Gasteiger partial charge in [-0.15, -0.1) is 0 Å². The number of ether oxygens (including phenoxy) is 2. The van der Waals surface area contributed by atoms with Gasteiger partial charge in [0.15, 0.2) is 0 Å². The first-order chi connectivity index (χ1) is 11.0. The zero-order chi connectivity index (χ0) is 17.2. The highest BCUT2D eigenvalue weighted by atomic mass is 16.7. The van der Waals surface area contributed by atoms with Crippen LogP contribution in [0.25, 0.3) is 6.08 Å². The van der Waals surface area contributed by atoms with Crippen LogP contribution in [0, 0.1) is 0 Å². The molecule has 0 heterocycles. The van der Waals surface area contributed by atoms with Gasteiger partial charge in [-0.3, -0.25) is 9.59 Å². The molecular weight excluding hydrogens is 292 g/mol. The first kappa shape index (κ1) is 18.9. The molecule has 0 atom stereocenters. The smallest absolute Gasteiger partial charge is 0.305 e. The quantitative estimate of drug-likeness (QED) is 0.530. The molecule has 126 valence electrons. The molecule has 0 bridgehead atoms. The SMILES string of the molecule is CCCCc1ccc(C=C(CC)C(OC(C)=O)OC(C)=O)cc1. The fourth-order valence-electron chi connectivity index (χ4n) is 2.19. The van der Waals surface area contributed by atoms with Crippen molar-refractivity contribution in [1.29, 1.82) is 0 Å². The maximum atomic E-state index is 11.2. The van der Waals surface area contributed by atoms with Crippen LogP contribution in [0.3, 0.4) is 0 Å². The van der Waals surface area contributed by atoms with Gasteiger partial charge in [-0.05, 0) is 36.5 Å². The van der Waals surface area contributed by atoms with E-state index in [2.05, 4.69) is 19.1 Å². The van der Waals surface area contributed by atoms with Crippen molar-refractivity contribution in [3.05, 3.63) is 41.0 Å². The summed E-state index contributed by atoms with van der Waals surface area (Å²) in [5.74, 6) is -0.962. The lowest BCUT2D eigenvalue weighted by Gasteiger charge is -2.19. The molecule has 4 nitrogen and oxygen atoms in total. The summed E-state index contributed by atoms with van der Waals surface area (Å²) >= 11 is 0. The van der Waals surface area contributed by atoms with Gasteiger partial charge in [-0.2, -0.15) is 0 Å². The van der Waals surface area contributed by atoms with E-state index in [-0.39, 0.29) is 0 Å². The molecule has 0 N–H and O–H groups in total. The van der Waals surface area contributed by atoms with E-state index in [0.29, 0.717) is 6.42 Å². The van der Waals surface area contributed by atoms with Crippen molar-refractivity contribution in [3.8, 4) is 0 Å². The lowest BCUT2D eigenvalue weighted by Crippen LogP contribution is -2.24. The van der Waals surface area contributed by atoms with Gasteiger partial charge in [0.05, 0.1) is 0 Å². The molecule has 0 saturated heterocycles. The predicted octanol–water partition coefficient (Wildman–Crippen LogP) is 4.27. The van der Waals surface area contributed by atoms with Crippen molar-refractivity contribution >= 4 is 18.0 Å². The molecule has 0 fully saturated rings. The van der Waals surface area contributed by atoms with Gasteiger partial charge in [-0.25, -0.2) is 0 Å². The Morgan fingerprint density at radius 1 is 1.04 bits per heavy atom. The zero-order valence-electron chi connectivity index (χ0n) is 14.4. The molecule has 0 amide bonds. The Morgan fingerprint density at radius 2 is 1.61 bits per heavy atom. The second-order valence-electron chi connectivity index (χ2n) is 5.47. The normalized spacial score (nSPS) is 11.4. The highest BCUT2D eigenvalue weighted by Gasteiger charge is 2.19. The summed E-state index contributed by atoms with van der Waals surface area (Å²) in [6.07, 6.45) is 4.98. The topological polar surface area (TPSA) is 52.6 Å². The first-order valence-corrected chi connectivity index (χ1v) is 8.10. The number of unbranched alkanes of at least 4 members (excludes halogenated alkanes) is 1. The highest BCUT2D eigenvalue weighted by Crippen LogP contribution is 2.19. The third kappa shape index (κ3) is 7.13. The van der Waals surface area contributed by atoms with Crippen LogP contribution < -0.4 is 0 Å². The molecule has 1 aromatic rings. The molecule has 0 radical (unpaired) electrons. The number of hydrogen-bond acceptors (Lipinski definition) is 4. The van der Waals surface area contributed by atoms with Gasteiger partial charge in [0.2, 0.25) is 0 Å². The number of rotatable bonds is 8. The van der Waals surface area contributed by atoms with Crippen molar-refractivity contribution < 1.29 is 19.1 Å². The average molecular weight is 318 g/mol. The van der Waals surface area contributed by atoms with Crippen LogP contribution in [0.5, 0.6) is 0 Å². The van der Waals surface area contributed by atoms with Gasteiger partial charge in [0, 0.05) is 19.4 Å². The number of benzene rings is 1. The van der Waals surface area contributed by atoms with Crippen LogP contribution in [0.4, 0.5) is 0 Å². The van der Waals surface area contributed by atoms with Gasteiger partial charge in [-0.1, -0.05) is 44.5 Å². The molecular formula is C19H26O4. The molecule has 0 aliphatic carbocycles. The van der Waals surface area contributed by atoms with Gasteiger partial charge in [0.1, 0.15) is 0 Å². The highest BCUT2D eigenvalue weighted by molar-refractivity contribution is 5.69. The van der Waals surface area contributed by atoms with Crippen LogP contribution in [-0.4, -0.2) is 18.2 Å². The van der Waals surface area contributed by atoms with Gasteiger partial charge >= 0.3 is 11.9 Å². The summed E-state index contributed by atoms with van der Waals surface area (Å²) in [5.41, 5.74) is 3.04. The Balaban J connectivity index is 2.93. The molecule has 0 aliphatic rings. The number of hydrogen-bond donors (Lipinski definition) is 0. The molecule has 0 aliphatic heterocycles. The minimum absolute atomic E-state index is 0.481. The minimum atomic E-state index is -0.963. The largest absolute Gasteiger partial charge is 0.421 e. The van der Waals surface area contributed by atoms with E-state index in [1.54, 1.807) is 0 Å². The van der Waals surface area contributed by atoms with Crippen LogP contribution >= 0.6 is 0 Å². The van der Waals surface area contributed by atoms with E-state index in [1.807, 2.05) is 25.1 Å². The van der Waals surface area contributed by atoms with Gasteiger partial charge < -0.3 is 9.47 Å². The Bertz CT molecular complexity index is 527. The maximum absolute atomic E-state index is 11.2. The second kappa shape index (κ2) is 9.82. The molecule has 1 aromatic carbocycles. The van der Waals surface area contributed by atoms with Crippen molar-refractivity contribution in [2.75, 3.05) is 0 Å². The van der Waals surface area contributed by atoms with E-state index >= 15 is 0 Å². The molecule has 0 saturated carbocycles. The minimum Gasteiger partial charge on any atom is -0.421 e. The summed E-state index contributed by atoms with van der Waals surface area (Å²) < 4.78 is 10.2. The van der Waals surface area contributed by atoms with Gasteiger partial charge in [0.25, 0.3) is 6.29 Å². The summed E-state index contributed by atoms with van der Waals surface area (Å²) in [6.45, 7) is 6.70. The van der Waals surface area contributed by atoms with E-state index in [1.165, 1.54) is 32.3 Å². The van der Waals surface area contributed by atoms with E-state index in [0.717, 1.165) is 17.6 Å². The Labute approximate surface area is 138 Å². The van der Waals surface area contributed by atoms with E-state index < -0.39 is 18.2 Å². The van der Waals surface area contributed by atoms with Crippen molar-refractivity contribution in [2.45, 2.75) is 59.7 Å². The van der Waals surface area contributed by atoms with Crippen LogP contribution in [0.15, 0.2) is 29.8 Å². The molecule has 23 heavy (non-hydrogen) atoms. The van der Waals surface area contributed by atoms with Crippen molar-refractivity contribution in [3.63, 3.8) is 0 Å². The molecule has 0 unspecified atom stereocenters. The zero-order valence-corrected chi connectivity index (χ0v) is 14.4. The number of carbonyl (C=O) groups is 2. The first-order valence-electron chi connectivity index (χ1n) is 8.10. The molecule has 0 aromatic heterocycles. The standard InChI is InChI=1S/C19H26O4/c1-5-7-8-16-9-11-17(12-10-16)13-18(6-2)19(22-14(3)20)23-15(4)21/h9-13,19H,5-8H2,1-4H3. The Kier molecular flexibility index (Phi) is 8.09. The second-order valence-corrected chi connectivity index (χ2v) is 5.47. The van der Waals surface area contributed by atoms with Crippen LogP contribution in [0.2, 0.25) is 0 Å². The van der Waals surface area contributed by atoms with Crippen LogP contribution in [-0.2, 0) is 25.5 Å². The number of carbonyl (C=O) groups excluding carboxylic acids is 2. The lowest BCUT2D eigenvalue weighted by molar-refractivity contribution is -0.178. The summed E-state index contributed by atoms with van der Waals surface area (Å²) in [5, 5.41) is 0. The molecule has 4 heteroatoms. The fourth-order valence-corrected chi connectivity index (χ4v) is 2.19. The summed E-state index contributed by atoms with van der Waals surface area (Å²) in [7, 11) is 0. The molecule has 1 rings (SSSR count). The Hall–Kier alpha value is -2.10. The van der Waals surface area contributed by atoms with Crippen LogP contribution in [0.1, 0.15) is 58.1 Å². The van der Waals surface area contributed by atoms with E-state index in [4.69, 9.17) is 9.47 Å². The third-order valence-corrected chi connectivity index (χ3v) is 3.41.